The quantitative estimate of drug-likeness (QED) is 0.350. The van der Waals surface area contributed by atoms with Gasteiger partial charge in [-0.2, -0.15) is 0 Å². The normalized spacial score (nSPS) is 13.8. The van der Waals surface area contributed by atoms with Gasteiger partial charge in [-0.15, -0.1) is 0 Å². The third-order valence-corrected chi connectivity index (χ3v) is 5.05. The summed E-state index contributed by atoms with van der Waals surface area (Å²) in [4.78, 5) is 52.3. The van der Waals surface area contributed by atoms with Crippen molar-refractivity contribution in [3.05, 3.63) is 35.4 Å². The lowest BCUT2D eigenvalue weighted by molar-refractivity contribution is -0.144. The maximum Gasteiger partial charge on any atom is 0.408 e. The van der Waals surface area contributed by atoms with E-state index in [2.05, 4.69) is 10.6 Å². The van der Waals surface area contributed by atoms with Crippen LogP contribution in [0.15, 0.2) is 24.3 Å². The molecule has 1 rings (SSSR count). The van der Waals surface area contributed by atoms with Gasteiger partial charge in [0.1, 0.15) is 17.7 Å². The molecular formula is C25H40N4O6. The molecule has 35 heavy (non-hydrogen) atoms. The first-order valence-corrected chi connectivity index (χ1v) is 11.8. The van der Waals surface area contributed by atoms with E-state index in [1.165, 1.54) is 0 Å². The largest absolute Gasteiger partial charge is 0.444 e. The number of aliphatic hydroxyl groups excluding tert-OH is 1. The first kappa shape index (κ1) is 29.9. The van der Waals surface area contributed by atoms with Gasteiger partial charge in [0.05, 0.1) is 13.0 Å². The van der Waals surface area contributed by atoms with Crippen molar-refractivity contribution in [1.29, 1.82) is 0 Å². The fraction of sp³-hybridized carbons (Fsp3) is 0.600. The number of ether oxygens (including phenoxy) is 1. The van der Waals surface area contributed by atoms with E-state index in [9.17, 15) is 24.3 Å². The Morgan fingerprint density at radius 1 is 1.17 bits per heavy atom. The molecule has 0 aliphatic carbocycles. The number of aryl methyl sites for hydroxylation is 1. The summed E-state index contributed by atoms with van der Waals surface area (Å²) in [6.07, 6.45) is 0.185. The maximum absolute atomic E-state index is 13.6. The molecule has 5 N–H and O–H groups in total. The summed E-state index contributed by atoms with van der Waals surface area (Å²) in [5.41, 5.74) is 5.91. The van der Waals surface area contributed by atoms with Crippen molar-refractivity contribution in [3.63, 3.8) is 0 Å². The Hall–Kier alpha value is -3.14. The number of benzene rings is 1. The first-order chi connectivity index (χ1) is 16.3. The van der Waals surface area contributed by atoms with Crippen LogP contribution in [0, 0.1) is 6.92 Å². The van der Waals surface area contributed by atoms with Crippen LogP contribution in [0.3, 0.4) is 0 Å². The Bertz CT molecular complexity index is 883. The number of alkyl carbamates (subject to hydrolysis) is 1. The molecule has 3 unspecified atom stereocenters. The van der Waals surface area contributed by atoms with E-state index < -0.39 is 54.5 Å². The van der Waals surface area contributed by atoms with Crippen molar-refractivity contribution in [1.82, 2.24) is 15.5 Å². The Labute approximate surface area is 207 Å². The van der Waals surface area contributed by atoms with Crippen LogP contribution in [0.5, 0.6) is 0 Å². The number of amides is 4. The molecule has 10 heteroatoms. The zero-order valence-corrected chi connectivity index (χ0v) is 21.6. The van der Waals surface area contributed by atoms with Gasteiger partial charge < -0.3 is 31.1 Å². The van der Waals surface area contributed by atoms with Gasteiger partial charge in [-0.1, -0.05) is 43.2 Å². The molecule has 0 bridgehead atoms. The maximum atomic E-state index is 13.6. The summed E-state index contributed by atoms with van der Waals surface area (Å²) in [5, 5.41) is 15.1. The second-order valence-electron chi connectivity index (χ2n) is 9.64. The highest BCUT2D eigenvalue weighted by molar-refractivity contribution is 5.94. The fourth-order valence-corrected chi connectivity index (χ4v) is 3.67. The Balaban J connectivity index is 3.43. The summed E-state index contributed by atoms with van der Waals surface area (Å²) >= 11 is 0. The standard InChI is InChI=1S/C25H40N4O6/c1-7-9-17(3)27-22(32)21(18-11-8-10-16(2)14-18)29(12-13-30)23(33)19(15-20(26)31)28-24(34)35-25(4,5)6/h8,10-11,14,17,19,21,30H,7,9,12-13,15H2,1-6H3,(H2,26,31)(H,27,32)(H,28,34). The Morgan fingerprint density at radius 2 is 1.83 bits per heavy atom. The van der Waals surface area contributed by atoms with Crippen LogP contribution in [0.4, 0.5) is 4.79 Å². The Morgan fingerprint density at radius 3 is 2.34 bits per heavy atom. The number of carbonyl (C=O) groups is 4. The summed E-state index contributed by atoms with van der Waals surface area (Å²) in [6, 6.07) is 4.47. The average molecular weight is 493 g/mol. The number of nitrogens with zero attached hydrogens (tertiary/aromatic N) is 1. The third-order valence-electron chi connectivity index (χ3n) is 5.05. The summed E-state index contributed by atoms with van der Waals surface area (Å²) in [5.74, 6) is -2.00. The second kappa shape index (κ2) is 13.7. The molecule has 4 amide bonds. The molecule has 0 aromatic heterocycles. The van der Waals surface area contributed by atoms with Crippen molar-refractivity contribution < 1.29 is 29.0 Å². The first-order valence-electron chi connectivity index (χ1n) is 11.8. The third kappa shape index (κ3) is 10.3. The molecule has 0 fully saturated rings. The SMILES string of the molecule is CCCC(C)NC(=O)C(c1cccc(C)c1)N(CCO)C(=O)C(CC(N)=O)NC(=O)OC(C)(C)C. The predicted molar refractivity (Wildman–Crippen MR) is 132 cm³/mol. The number of hydrogen-bond donors (Lipinski definition) is 4. The van der Waals surface area contributed by atoms with E-state index in [-0.39, 0.29) is 12.6 Å². The van der Waals surface area contributed by atoms with Gasteiger partial charge in [-0.05, 0) is 46.6 Å². The molecule has 1 aromatic rings. The lowest BCUT2D eigenvalue weighted by Crippen LogP contribution is -2.55. The van der Waals surface area contributed by atoms with Gasteiger partial charge in [0.15, 0.2) is 0 Å². The van der Waals surface area contributed by atoms with Gasteiger partial charge in [-0.25, -0.2) is 4.79 Å². The highest BCUT2D eigenvalue weighted by Gasteiger charge is 2.37. The molecule has 0 aliphatic rings. The number of nitrogens with two attached hydrogens (primary N) is 1. The van der Waals surface area contributed by atoms with Crippen LogP contribution in [-0.4, -0.2) is 64.7 Å². The van der Waals surface area contributed by atoms with E-state index in [4.69, 9.17) is 10.5 Å². The number of carbonyl (C=O) groups excluding carboxylic acids is 4. The number of aliphatic hydroxyl groups is 1. The number of primary amides is 1. The molecule has 0 saturated carbocycles. The molecule has 10 nitrogen and oxygen atoms in total. The van der Waals surface area contributed by atoms with Gasteiger partial charge in [-0.3, -0.25) is 14.4 Å². The van der Waals surface area contributed by atoms with Crippen LogP contribution < -0.4 is 16.4 Å². The topological polar surface area (TPSA) is 151 Å². The Kier molecular flexibility index (Phi) is 11.7. The summed E-state index contributed by atoms with van der Waals surface area (Å²) in [6.45, 7) is 10.0. The summed E-state index contributed by atoms with van der Waals surface area (Å²) in [7, 11) is 0. The molecule has 196 valence electrons. The molecule has 3 atom stereocenters. The van der Waals surface area contributed by atoms with E-state index in [0.717, 1.165) is 23.3 Å². The highest BCUT2D eigenvalue weighted by Crippen LogP contribution is 2.24. The van der Waals surface area contributed by atoms with Crippen molar-refractivity contribution in [2.24, 2.45) is 5.73 Å². The molecule has 0 saturated heterocycles. The van der Waals surface area contributed by atoms with Crippen molar-refractivity contribution in [3.8, 4) is 0 Å². The lowest BCUT2D eigenvalue weighted by Gasteiger charge is -2.34. The number of rotatable bonds is 12. The molecule has 1 aromatic carbocycles. The molecular weight excluding hydrogens is 452 g/mol. The van der Waals surface area contributed by atoms with Crippen molar-refractivity contribution >= 4 is 23.8 Å². The molecule has 0 aliphatic heterocycles. The van der Waals surface area contributed by atoms with Gasteiger partial charge >= 0.3 is 6.09 Å². The van der Waals surface area contributed by atoms with Gasteiger partial charge in [0, 0.05) is 12.6 Å². The van der Waals surface area contributed by atoms with E-state index in [0.29, 0.717) is 5.56 Å². The van der Waals surface area contributed by atoms with Crippen LogP contribution in [-0.2, 0) is 19.1 Å². The monoisotopic (exact) mass is 492 g/mol. The molecule has 0 radical (unpaired) electrons. The average Bonchev–Trinajstić information content (AvgIpc) is 2.71. The smallest absolute Gasteiger partial charge is 0.408 e. The van der Waals surface area contributed by atoms with Crippen LogP contribution in [0.25, 0.3) is 0 Å². The second-order valence-corrected chi connectivity index (χ2v) is 9.64. The lowest BCUT2D eigenvalue weighted by atomic mass is 9.99. The molecule has 0 spiro atoms. The van der Waals surface area contributed by atoms with E-state index >= 15 is 0 Å². The summed E-state index contributed by atoms with van der Waals surface area (Å²) < 4.78 is 5.23. The van der Waals surface area contributed by atoms with Crippen molar-refractivity contribution in [2.75, 3.05) is 13.2 Å². The fourth-order valence-electron chi connectivity index (χ4n) is 3.67. The van der Waals surface area contributed by atoms with E-state index in [1.807, 2.05) is 26.8 Å². The van der Waals surface area contributed by atoms with Gasteiger partial charge in [0.25, 0.3) is 0 Å². The minimum absolute atomic E-state index is 0.146. The molecule has 0 heterocycles. The minimum Gasteiger partial charge on any atom is -0.444 e. The minimum atomic E-state index is -1.39. The van der Waals surface area contributed by atoms with Gasteiger partial charge in [0.2, 0.25) is 17.7 Å². The van der Waals surface area contributed by atoms with Crippen LogP contribution >= 0.6 is 0 Å². The predicted octanol–water partition coefficient (Wildman–Crippen LogP) is 1.93. The van der Waals surface area contributed by atoms with Crippen molar-refractivity contribution in [2.45, 2.75) is 84.5 Å². The zero-order valence-electron chi connectivity index (χ0n) is 21.6. The highest BCUT2D eigenvalue weighted by atomic mass is 16.6. The zero-order chi connectivity index (χ0) is 26.8. The van der Waals surface area contributed by atoms with Crippen LogP contribution in [0.2, 0.25) is 0 Å². The number of hydrogen-bond acceptors (Lipinski definition) is 6. The number of nitrogens with one attached hydrogen (secondary N) is 2. The van der Waals surface area contributed by atoms with Crippen LogP contribution in [0.1, 0.15) is 71.0 Å². The van der Waals surface area contributed by atoms with E-state index in [1.54, 1.807) is 39.0 Å².